The number of carbonyl (C=O) groups is 1. The summed E-state index contributed by atoms with van der Waals surface area (Å²) in [4.78, 5) is 22.3. The van der Waals surface area contributed by atoms with E-state index >= 15 is 0 Å². The van der Waals surface area contributed by atoms with E-state index in [1.807, 2.05) is 47.9 Å². The Morgan fingerprint density at radius 3 is 2.65 bits per heavy atom. The van der Waals surface area contributed by atoms with Gasteiger partial charge >= 0.3 is 0 Å². The Hall–Kier alpha value is -3.60. The fraction of sp³-hybridized carbons (Fsp3) is 0.192. The molecular weight excluding hydrogens is 466 g/mol. The number of aromatic nitrogens is 4. The highest BCUT2D eigenvalue weighted by Gasteiger charge is 2.32. The van der Waals surface area contributed by atoms with Gasteiger partial charge in [0.05, 0.1) is 10.6 Å². The van der Waals surface area contributed by atoms with Crippen LogP contribution in [0.15, 0.2) is 53.8 Å². The van der Waals surface area contributed by atoms with Crippen molar-refractivity contribution in [2.24, 2.45) is 4.99 Å². The predicted octanol–water partition coefficient (Wildman–Crippen LogP) is 5.27. The molecule has 0 saturated heterocycles. The fourth-order valence-corrected chi connectivity index (χ4v) is 5.32. The molecule has 0 saturated carbocycles. The van der Waals surface area contributed by atoms with E-state index < -0.39 is 6.04 Å². The van der Waals surface area contributed by atoms with Crippen LogP contribution in [0.4, 0.5) is 0 Å². The van der Waals surface area contributed by atoms with Crippen LogP contribution in [0.5, 0.6) is 0 Å². The van der Waals surface area contributed by atoms with Crippen LogP contribution in [-0.4, -0.2) is 31.2 Å². The first-order valence-electron chi connectivity index (χ1n) is 10.7. The lowest BCUT2D eigenvalue weighted by Gasteiger charge is -2.11. The van der Waals surface area contributed by atoms with Crippen molar-refractivity contribution in [3.05, 3.63) is 92.6 Å². The summed E-state index contributed by atoms with van der Waals surface area (Å²) < 4.78 is 2.02. The van der Waals surface area contributed by atoms with Gasteiger partial charge in [-0.25, -0.2) is 0 Å². The van der Waals surface area contributed by atoms with Gasteiger partial charge in [0, 0.05) is 40.5 Å². The molecule has 5 rings (SSSR count). The maximum absolute atomic E-state index is 12.1. The molecule has 1 atom stereocenters. The van der Waals surface area contributed by atoms with Crippen LogP contribution in [-0.2, 0) is 4.79 Å². The van der Waals surface area contributed by atoms with E-state index in [9.17, 15) is 4.79 Å². The van der Waals surface area contributed by atoms with Gasteiger partial charge in [-0.2, -0.15) is 0 Å². The topological polar surface area (TPSA) is 73.0 Å². The lowest BCUT2D eigenvalue weighted by atomic mass is 9.99. The van der Waals surface area contributed by atoms with Gasteiger partial charge < -0.3 is 0 Å². The summed E-state index contributed by atoms with van der Waals surface area (Å²) in [5, 5.41) is 10.3. The van der Waals surface area contributed by atoms with Crippen molar-refractivity contribution in [2.75, 3.05) is 0 Å². The highest BCUT2D eigenvalue weighted by atomic mass is 35.5. The summed E-state index contributed by atoms with van der Waals surface area (Å²) in [6.07, 6.45) is 3.72. The Bertz CT molecular complexity index is 1490. The normalized spacial score (nSPS) is 14.4. The van der Waals surface area contributed by atoms with Crippen LogP contribution in [0, 0.1) is 25.7 Å². The summed E-state index contributed by atoms with van der Waals surface area (Å²) >= 11 is 7.74. The third-order valence-corrected chi connectivity index (χ3v) is 7.03. The number of carbonyl (C=O) groups excluding carboxylic acids is 1. The minimum Gasteiger partial charge on any atom is -0.300 e. The molecule has 3 aromatic heterocycles. The second-order valence-corrected chi connectivity index (χ2v) is 9.51. The number of benzene rings is 1. The van der Waals surface area contributed by atoms with Crippen LogP contribution in [0.2, 0.25) is 5.02 Å². The van der Waals surface area contributed by atoms with Gasteiger partial charge in [-0.3, -0.25) is 19.3 Å². The molecule has 1 aliphatic heterocycles. The fourth-order valence-electron chi connectivity index (χ4n) is 3.98. The first-order valence-corrected chi connectivity index (χ1v) is 11.9. The molecule has 0 N–H and O–H groups in total. The van der Waals surface area contributed by atoms with E-state index in [1.54, 1.807) is 30.7 Å². The van der Waals surface area contributed by atoms with Crippen molar-refractivity contribution in [3.63, 3.8) is 0 Å². The summed E-state index contributed by atoms with van der Waals surface area (Å²) in [5.74, 6) is 7.97. The second-order valence-electron chi connectivity index (χ2n) is 8.08. The van der Waals surface area contributed by atoms with E-state index in [2.05, 4.69) is 33.9 Å². The van der Waals surface area contributed by atoms with E-state index in [4.69, 9.17) is 16.6 Å². The molecule has 8 heteroatoms. The molecule has 0 amide bonds. The number of nitrogens with zero attached hydrogens (tertiary/aromatic N) is 5. The third kappa shape index (κ3) is 4.07. The molecule has 4 aromatic rings. The number of halogens is 1. The predicted molar refractivity (Wildman–Crippen MR) is 134 cm³/mol. The Morgan fingerprint density at radius 2 is 1.94 bits per heavy atom. The van der Waals surface area contributed by atoms with Crippen molar-refractivity contribution in [2.45, 2.75) is 33.2 Å². The Morgan fingerprint density at radius 1 is 1.15 bits per heavy atom. The molecule has 6 nitrogen and oxygen atoms in total. The monoisotopic (exact) mass is 485 g/mol. The molecule has 34 heavy (non-hydrogen) atoms. The van der Waals surface area contributed by atoms with Gasteiger partial charge in [0.25, 0.3) is 0 Å². The molecule has 0 spiro atoms. The lowest BCUT2D eigenvalue weighted by molar-refractivity contribution is -0.117. The zero-order valence-corrected chi connectivity index (χ0v) is 20.4. The smallest absolute Gasteiger partial charge is 0.163 e. The Balaban J connectivity index is 1.76. The largest absolute Gasteiger partial charge is 0.300 e. The molecule has 0 radical (unpaired) electrons. The average molecular weight is 486 g/mol. The highest BCUT2D eigenvalue weighted by molar-refractivity contribution is 7.15. The number of ketones is 1. The van der Waals surface area contributed by atoms with Crippen LogP contribution >= 0.6 is 22.9 Å². The zero-order chi connectivity index (χ0) is 23.8. The number of thiophene rings is 1. The molecule has 0 unspecified atom stereocenters. The van der Waals surface area contributed by atoms with E-state index in [0.29, 0.717) is 10.8 Å². The highest BCUT2D eigenvalue weighted by Crippen LogP contribution is 2.39. The first kappa shape index (κ1) is 22.2. The van der Waals surface area contributed by atoms with Gasteiger partial charge in [0.1, 0.15) is 22.7 Å². The minimum absolute atomic E-state index is 0.0430. The SMILES string of the molecule is CC(=O)C[C@@H]1N=C(c2ccc(Cl)cc2)c2c(sc(C#Cc3cccnc3)c2C)-n2c(C)nnc21. The molecule has 0 fully saturated rings. The van der Waals surface area contributed by atoms with E-state index in [0.717, 1.165) is 43.7 Å². The van der Waals surface area contributed by atoms with Crippen molar-refractivity contribution in [3.8, 4) is 16.8 Å². The van der Waals surface area contributed by atoms with Crippen LogP contribution < -0.4 is 0 Å². The zero-order valence-electron chi connectivity index (χ0n) is 18.8. The number of Topliss-reactive ketones (excluding diaryl/α,β-unsaturated/α-hetero) is 1. The summed E-state index contributed by atoms with van der Waals surface area (Å²) in [5.41, 5.74) is 4.56. The van der Waals surface area contributed by atoms with Crippen LogP contribution in [0.1, 0.15) is 58.2 Å². The van der Waals surface area contributed by atoms with Crippen LogP contribution in [0.25, 0.3) is 5.00 Å². The number of aryl methyl sites for hydroxylation is 1. The van der Waals surface area contributed by atoms with Gasteiger partial charge in [0.2, 0.25) is 0 Å². The molecule has 4 heterocycles. The molecule has 0 bridgehead atoms. The van der Waals surface area contributed by atoms with Gasteiger partial charge in [-0.15, -0.1) is 21.5 Å². The van der Waals surface area contributed by atoms with E-state index in [-0.39, 0.29) is 12.2 Å². The summed E-state index contributed by atoms with van der Waals surface area (Å²) in [6, 6.07) is 11.0. The Labute approximate surface area is 206 Å². The number of pyridine rings is 1. The summed E-state index contributed by atoms with van der Waals surface area (Å²) in [7, 11) is 0. The quantitative estimate of drug-likeness (QED) is 0.371. The summed E-state index contributed by atoms with van der Waals surface area (Å²) in [6.45, 7) is 5.54. The standard InChI is InChI=1S/C26H20ClN5OS/c1-15(33)13-21-25-31-30-17(3)32(25)26-23(24(29-21)19-7-9-20(27)10-8-19)16(2)22(34-26)11-6-18-5-4-12-28-14-18/h4-5,7-10,12,14,21H,13H2,1-3H3/t21-/m0/s1. The average Bonchev–Trinajstić information content (AvgIpc) is 3.31. The van der Waals surface area contributed by atoms with E-state index in [1.165, 1.54) is 0 Å². The number of aliphatic imine (C=N–C) groups is 1. The third-order valence-electron chi connectivity index (χ3n) is 5.58. The van der Waals surface area contributed by atoms with Crippen molar-refractivity contribution in [1.82, 2.24) is 19.7 Å². The minimum atomic E-state index is -0.437. The maximum Gasteiger partial charge on any atom is 0.163 e. The van der Waals surface area contributed by atoms with Crippen molar-refractivity contribution in [1.29, 1.82) is 0 Å². The molecule has 168 valence electrons. The van der Waals surface area contributed by atoms with Crippen molar-refractivity contribution < 1.29 is 4.79 Å². The molecule has 0 aliphatic carbocycles. The number of fused-ring (bicyclic) bond motifs is 3. The second kappa shape index (κ2) is 8.98. The number of rotatable bonds is 3. The van der Waals surface area contributed by atoms with Gasteiger partial charge in [-0.1, -0.05) is 35.6 Å². The first-order chi connectivity index (χ1) is 16.4. The maximum atomic E-state index is 12.1. The lowest BCUT2D eigenvalue weighted by Crippen LogP contribution is -2.09. The van der Waals surface area contributed by atoms with Crippen LogP contribution in [0.3, 0.4) is 0 Å². The van der Waals surface area contributed by atoms with Gasteiger partial charge in [0.15, 0.2) is 5.82 Å². The van der Waals surface area contributed by atoms with Gasteiger partial charge in [-0.05, 0) is 50.6 Å². The molecule has 1 aliphatic rings. The number of hydrogen-bond donors (Lipinski definition) is 0. The molecular formula is C26H20ClN5OS. The number of hydrogen-bond acceptors (Lipinski definition) is 6. The molecule has 1 aromatic carbocycles. The van der Waals surface area contributed by atoms with Crippen molar-refractivity contribution >= 4 is 34.4 Å². The Kier molecular flexibility index (Phi) is 5.86.